The summed E-state index contributed by atoms with van der Waals surface area (Å²) in [7, 11) is 1.68. The van der Waals surface area contributed by atoms with E-state index in [1.165, 1.54) is 6.42 Å². The zero-order valence-corrected chi connectivity index (χ0v) is 12.4. The second-order valence-electron chi connectivity index (χ2n) is 4.34. The van der Waals surface area contributed by atoms with E-state index in [9.17, 15) is 0 Å². The van der Waals surface area contributed by atoms with Crippen LogP contribution < -0.4 is 0 Å². The highest BCUT2D eigenvalue weighted by atomic mass is 16.5. The highest BCUT2D eigenvalue weighted by Gasteiger charge is 1.93. The lowest BCUT2D eigenvalue weighted by Crippen LogP contribution is -1.84. The minimum absolute atomic E-state index is 0.621. The summed E-state index contributed by atoms with van der Waals surface area (Å²) < 4.78 is 5.04. The van der Waals surface area contributed by atoms with Crippen molar-refractivity contribution in [2.24, 2.45) is 10.2 Å². The first-order valence-corrected chi connectivity index (χ1v) is 6.84. The second kappa shape index (κ2) is 9.87. The Bertz CT molecular complexity index is 492. The molecular formula is C17H22N2O. The van der Waals surface area contributed by atoms with Gasteiger partial charge in [-0.2, -0.15) is 10.2 Å². The van der Waals surface area contributed by atoms with Crippen molar-refractivity contribution >= 4 is 11.4 Å². The Morgan fingerprint density at radius 3 is 1.80 bits per heavy atom. The van der Waals surface area contributed by atoms with Crippen molar-refractivity contribution < 1.29 is 4.74 Å². The molecule has 0 unspecified atom stereocenters. The van der Waals surface area contributed by atoms with Crippen molar-refractivity contribution in [3.63, 3.8) is 0 Å². The van der Waals surface area contributed by atoms with Crippen molar-refractivity contribution in [1.82, 2.24) is 0 Å². The zero-order valence-electron chi connectivity index (χ0n) is 12.4. The molecule has 3 nitrogen and oxygen atoms in total. The predicted molar refractivity (Wildman–Crippen MR) is 83.7 cm³/mol. The van der Waals surface area contributed by atoms with Crippen LogP contribution in [0.3, 0.4) is 0 Å². The quantitative estimate of drug-likeness (QED) is 0.659. The smallest absolute Gasteiger partial charge is 0.0857 e. The van der Waals surface area contributed by atoms with E-state index in [1.807, 2.05) is 54.6 Å². The van der Waals surface area contributed by atoms with Crippen molar-refractivity contribution in [3.8, 4) is 0 Å². The van der Waals surface area contributed by atoms with Crippen LogP contribution in [-0.4, -0.2) is 7.11 Å². The van der Waals surface area contributed by atoms with Crippen molar-refractivity contribution in [1.29, 1.82) is 0 Å². The van der Waals surface area contributed by atoms with Gasteiger partial charge in [0.05, 0.1) is 18.0 Å². The number of hydrogen-bond acceptors (Lipinski definition) is 3. The minimum Gasteiger partial charge on any atom is -0.380 e. The van der Waals surface area contributed by atoms with Crippen LogP contribution in [0.5, 0.6) is 0 Å². The first kappa shape index (κ1) is 16.1. The molecular weight excluding hydrogens is 248 g/mol. The molecule has 2 aromatic carbocycles. The number of rotatable bonds is 4. The number of methoxy groups -OCH3 is 1. The average Bonchev–Trinajstić information content (AvgIpc) is 2.49. The molecule has 0 fully saturated rings. The first-order valence-electron chi connectivity index (χ1n) is 6.84. The van der Waals surface area contributed by atoms with Gasteiger partial charge >= 0.3 is 0 Å². The minimum atomic E-state index is 0.621. The summed E-state index contributed by atoms with van der Waals surface area (Å²) in [6, 6.07) is 17.5. The molecule has 0 saturated heterocycles. The largest absolute Gasteiger partial charge is 0.380 e. The Morgan fingerprint density at radius 2 is 1.30 bits per heavy atom. The van der Waals surface area contributed by atoms with Gasteiger partial charge in [0.25, 0.3) is 0 Å². The number of nitrogens with zero attached hydrogens (tertiary/aromatic N) is 2. The van der Waals surface area contributed by atoms with E-state index in [0.29, 0.717) is 6.61 Å². The van der Waals surface area contributed by atoms with Crippen LogP contribution in [0.2, 0.25) is 0 Å². The van der Waals surface area contributed by atoms with E-state index in [1.54, 1.807) is 7.11 Å². The molecule has 0 aliphatic rings. The Morgan fingerprint density at radius 1 is 0.800 bits per heavy atom. The van der Waals surface area contributed by atoms with Gasteiger partial charge in [0.2, 0.25) is 0 Å². The summed E-state index contributed by atoms with van der Waals surface area (Å²) in [5.41, 5.74) is 2.83. The highest BCUT2D eigenvalue weighted by molar-refractivity contribution is 5.40. The molecule has 0 N–H and O–H groups in total. The van der Waals surface area contributed by atoms with Crippen molar-refractivity contribution in [2.45, 2.75) is 26.9 Å². The molecule has 106 valence electrons. The van der Waals surface area contributed by atoms with Crippen LogP contribution in [0.15, 0.2) is 64.8 Å². The number of azo groups is 1. The topological polar surface area (TPSA) is 34.0 Å². The Balaban J connectivity index is 0.000000612. The van der Waals surface area contributed by atoms with Gasteiger partial charge in [0.15, 0.2) is 0 Å². The molecule has 0 bridgehead atoms. The van der Waals surface area contributed by atoms with Gasteiger partial charge in [0.1, 0.15) is 0 Å². The fourth-order valence-electron chi connectivity index (χ4n) is 1.44. The second-order valence-corrected chi connectivity index (χ2v) is 4.34. The van der Waals surface area contributed by atoms with E-state index >= 15 is 0 Å². The maximum Gasteiger partial charge on any atom is 0.0857 e. The van der Waals surface area contributed by atoms with Crippen LogP contribution >= 0.6 is 0 Å². The summed E-state index contributed by atoms with van der Waals surface area (Å²) in [4.78, 5) is 0. The lowest BCUT2D eigenvalue weighted by Gasteiger charge is -1.98. The van der Waals surface area contributed by atoms with Crippen LogP contribution in [0.4, 0.5) is 11.4 Å². The normalized spacial score (nSPS) is 10.2. The standard InChI is InChI=1S/C14H14N2O.C3H8/c1-17-11-12-7-9-14(10-8-12)16-15-13-5-3-2-4-6-13;1-3-2/h2-10H,11H2,1H3;3H2,1-2H3. The molecule has 3 heteroatoms. The summed E-state index contributed by atoms with van der Waals surface area (Å²) in [5.74, 6) is 0. The van der Waals surface area contributed by atoms with Gasteiger partial charge in [-0.05, 0) is 29.8 Å². The molecule has 2 aromatic rings. The lowest BCUT2D eigenvalue weighted by molar-refractivity contribution is 0.185. The van der Waals surface area contributed by atoms with Gasteiger partial charge in [-0.3, -0.25) is 0 Å². The monoisotopic (exact) mass is 270 g/mol. The van der Waals surface area contributed by atoms with E-state index in [-0.39, 0.29) is 0 Å². The molecule has 0 spiro atoms. The van der Waals surface area contributed by atoms with Gasteiger partial charge in [-0.25, -0.2) is 0 Å². The molecule has 0 saturated carbocycles. The van der Waals surface area contributed by atoms with Crippen LogP contribution in [0, 0.1) is 0 Å². The Labute approximate surface area is 121 Å². The molecule has 0 aromatic heterocycles. The predicted octanol–water partition coefficient (Wildman–Crippen LogP) is 5.66. The summed E-state index contributed by atoms with van der Waals surface area (Å²) in [5, 5.41) is 8.31. The van der Waals surface area contributed by atoms with E-state index in [0.717, 1.165) is 16.9 Å². The van der Waals surface area contributed by atoms with Gasteiger partial charge < -0.3 is 4.74 Å². The molecule has 20 heavy (non-hydrogen) atoms. The Kier molecular flexibility index (Phi) is 7.92. The first-order chi connectivity index (χ1) is 9.80. The van der Waals surface area contributed by atoms with E-state index in [2.05, 4.69) is 24.1 Å². The fourth-order valence-corrected chi connectivity index (χ4v) is 1.44. The maximum absolute atomic E-state index is 5.04. The zero-order chi connectivity index (χ0) is 14.6. The Hall–Kier alpha value is -2.00. The molecule has 0 aliphatic heterocycles. The van der Waals surface area contributed by atoms with Gasteiger partial charge in [-0.15, -0.1) is 0 Å². The van der Waals surface area contributed by atoms with Crippen molar-refractivity contribution in [3.05, 3.63) is 60.2 Å². The van der Waals surface area contributed by atoms with Crippen LogP contribution in [-0.2, 0) is 11.3 Å². The average molecular weight is 270 g/mol. The van der Waals surface area contributed by atoms with Crippen molar-refractivity contribution in [2.75, 3.05) is 7.11 Å². The fraction of sp³-hybridized carbons (Fsp3) is 0.294. The molecule has 0 heterocycles. The summed E-state index contributed by atoms with van der Waals surface area (Å²) in [6.07, 6.45) is 1.25. The molecule has 0 amide bonds. The van der Waals surface area contributed by atoms with Crippen LogP contribution in [0.1, 0.15) is 25.8 Å². The van der Waals surface area contributed by atoms with E-state index < -0.39 is 0 Å². The number of benzene rings is 2. The molecule has 0 radical (unpaired) electrons. The molecule has 0 aliphatic carbocycles. The third kappa shape index (κ3) is 6.25. The summed E-state index contributed by atoms with van der Waals surface area (Å²) >= 11 is 0. The lowest BCUT2D eigenvalue weighted by atomic mass is 10.2. The third-order valence-corrected chi connectivity index (χ3v) is 2.28. The van der Waals surface area contributed by atoms with Crippen LogP contribution in [0.25, 0.3) is 0 Å². The maximum atomic E-state index is 5.04. The molecule has 0 atom stereocenters. The third-order valence-electron chi connectivity index (χ3n) is 2.28. The molecule has 2 rings (SSSR count). The van der Waals surface area contributed by atoms with Gasteiger partial charge in [-0.1, -0.05) is 50.6 Å². The highest BCUT2D eigenvalue weighted by Crippen LogP contribution is 2.18. The summed E-state index contributed by atoms with van der Waals surface area (Å²) in [6.45, 7) is 4.87. The SMILES string of the molecule is CCC.COCc1ccc(N=Nc2ccccc2)cc1. The number of hydrogen-bond donors (Lipinski definition) is 0. The van der Waals surface area contributed by atoms with Gasteiger partial charge in [0, 0.05) is 7.11 Å². The van der Waals surface area contributed by atoms with E-state index in [4.69, 9.17) is 4.74 Å². The number of ether oxygens (including phenoxy) is 1.